The van der Waals surface area contributed by atoms with Crippen molar-refractivity contribution >= 4 is 28.2 Å². The van der Waals surface area contributed by atoms with Gasteiger partial charge in [-0.2, -0.15) is 13.2 Å². The lowest BCUT2D eigenvalue weighted by Crippen LogP contribution is -2.33. The molecule has 132 valence electrons. The Morgan fingerprint density at radius 3 is 2.04 bits per heavy atom. The molecule has 0 saturated heterocycles. The molecule has 0 aliphatic rings. The predicted molar refractivity (Wildman–Crippen MR) is 86.6 cm³/mol. The van der Waals surface area contributed by atoms with Crippen LogP contribution in [0.2, 0.25) is 0 Å². The quantitative estimate of drug-likeness (QED) is 0.808. The Hall–Kier alpha value is -2.70. The van der Waals surface area contributed by atoms with Gasteiger partial charge >= 0.3 is 6.18 Å². The maximum atomic E-state index is 12.4. The number of Topliss-reactive ketones (excluding diaryl/α,β-unsaturated/α-hetero) is 2. The van der Waals surface area contributed by atoms with Crippen LogP contribution < -0.4 is 5.32 Å². The highest BCUT2D eigenvalue weighted by molar-refractivity contribution is 6.14. The number of ketones is 2. The molecule has 7 heteroatoms. The molecule has 2 aromatic carbocycles. The number of benzene rings is 2. The van der Waals surface area contributed by atoms with E-state index in [2.05, 4.69) is 0 Å². The van der Waals surface area contributed by atoms with Gasteiger partial charge in [0, 0.05) is 24.0 Å². The minimum absolute atomic E-state index is 0.137. The first kappa shape index (κ1) is 18.6. The molecule has 0 fully saturated rings. The van der Waals surface area contributed by atoms with E-state index in [0.29, 0.717) is 21.9 Å². The number of alkyl halides is 3. The number of rotatable bonds is 6. The summed E-state index contributed by atoms with van der Waals surface area (Å²) in [5, 5.41) is 2.94. The molecule has 0 aliphatic heterocycles. The van der Waals surface area contributed by atoms with Gasteiger partial charge in [-0.1, -0.05) is 36.4 Å². The SMILES string of the molecule is CC(=O)c1ccc(C(=O)CCC(=O)NCC(F)(F)F)c2ccccc12. The number of hydrogen-bond acceptors (Lipinski definition) is 3. The van der Waals surface area contributed by atoms with E-state index in [-0.39, 0.29) is 24.4 Å². The van der Waals surface area contributed by atoms with Gasteiger partial charge in [-0.3, -0.25) is 14.4 Å². The van der Waals surface area contributed by atoms with Crippen molar-refractivity contribution in [2.75, 3.05) is 6.54 Å². The van der Waals surface area contributed by atoms with Crippen LogP contribution in [0.5, 0.6) is 0 Å². The minimum Gasteiger partial charge on any atom is -0.347 e. The van der Waals surface area contributed by atoms with Crippen LogP contribution in [0.3, 0.4) is 0 Å². The summed E-state index contributed by atoms with van der Waals surface area (Å²) in [5.74, 6) is -1.34. The molecule has 0 spiro atoms. The first-order chi connectivity index (χ1) is 11.7. The third kappa shape index (κ3) is 4.89. The van der Waals surface area contributed by atoms with E-state index < -0.39 is 18.6 Å². The topological polar surface area (TPSA) is 63.2 Å². The maximum absolute atomic E-state index is 12.4. The van der Waals surface area contributed by atoms with Gasteiger partial charge in [0.15, 0.2) is 11.6 Å². The zero-order valence-electron chi connectivity index (χ0n) is 13.4. The van der Waals surface area contributed by atoms with E-state index in [0.717, 1.165) is 0 Å². The Bertz CT molecular complexity index is 828. The maximum Gasteiger partial charge on any atom is 0.405 e. The van der Waals surface area contributed by atoms with E-state index in [1.807, 2.05) is 0 Å². The molecule has 25 heavy (non-hydrogen) atoms. The van der Waals surface area contributed by atoms with Crippen molar-refractivity contribution in [3.8, 4) is 0 Å². The lowest BCUT2D eigenvalue weighted by atomic mass is 9.94. The lowest BCUT2D eigenvalue weighted by molar-refractivity contribution is -0.138. The van der Waals surface area contributed by atoms with E-state index in [4.69, 9.17) is 0 Å². The molecule has 0 aliphatic carbocycles. The van der Waals surface area contributed by atoms with Crippen molar-refractivity contribution in [3.05, 3.63) is 47.5 Å². The highest BCUT2D eigenvalue weighted by Crippen LogP contribution is 2.24. The fraction of sp³-hybridized carbons (Fsp3) is 0.278. The lowest BCUT2D eigenvalue weighted by Gasteiger charge is -2.10. The summed E-state index contributed by atoms with van der Waals surface area (Å²) in [7, 11) is 0. The average Bonchev–Trinajstić information content (AvgIpc) is 2.56. The van der Waals surface area contributed by atoms with Crippen LogP contribution in [-0.2, 0) is 4.79 Å². The van der Waals surface area contributed by atoms with Crippen molar-refractivity contribution in [1.29, 1.82) is 0 Å². The van der Waals surface area contributed by atoms with E-state index >= 15 is 0 Å². The molecule has 4 nitrogen and oxygen atoms in total. The summed E-state index contributed by atoms with van der Waals surface area (Å²) in [4.78, 5) is 35.5. The van der Waals surface area contributed by atoms with Crippen molar-refractivity contribution in [1.82, 2.24) is 5.32 Å². The number of fused-ring (bicyclic) bond motifs is 1. The third-order valence-electron chi connectivity index (χ3n) is 3.67. The van der Waals surface area contributed by atoms with Crippen LogP contribution in [0.1, 0.15) is 40.5 Å². The zero-order valence-corrected chi connectivity index (χ0v) is 13.4. The summed E-state index contributed by atoms with van der Waals surface area (Å²) in [6.07, 6.45) is -5.04. The molecule has 0 heterocycles. The fourth-order valence-corrected chi connectivity index (χ4v) is 2.50. The monoisotopic (exact) mass is 351 g/mol. The van der Waals surface area contributed by atoms with Crippen molar-refractivity contribution < 1.29 is 27.6 Å². The smallest absolute Gasteiger partial charge is 0.347 e. The Morgan fingerprint density at radius 1 is 0.920 bits per heavy atom. The number of carbonyl (C=O) groups excluding carboxylic acids is 3. The highest BCUT2D eigenvalue weighted by atomic mass is 19.4. The molecular formula is C18H16F3NO3. The highest BCUT2D eigenvalue weighted by Gasteiger charge is 2.27. The van der Waals surface area contributed by atoms with Crippen LogP contribution in [0, 0.1) is 0 Å². The molecule has 1 amide bonds. The first-order valence-electron chi connectivity index (χ1n) is 7.58. The molecule has 0 atom stereocenters. The van der Waals surface area contributed by atoms with Crippen molar-refractivity contribution in [3.63, 3.8) is 0 Å². The third-order valence-corrected chi connectivity index (χ3v) is 3.67. The van der Waals surface area contributed by atoms with Gasteiger partial charge in [-0.05, 0) is 17.7 Å². The van der Waals surface area contributed by atoms with Gasteiger partial charge < -0.3 is 5.32 Å². The second-order valence-electron chi connectivity index (χ2n) is 5.58. The van der Waals surface area contributed by atoms with Crippen molar-refractivity contribution in [2.45, 2.75) is 25.9 Å². The van der Waals surface area contributed by atoms with Gasteiger partial charge in [-0.15, -0.1) is 0 Å². The second-order valence-corrected chi connectivity index (χ2v) is 5.58. The van der Waals surface area contributed by atoms with Gasteiger partial charge in [0.05, 0.1) is 0 Å². The Morgan fingerprint density at radius 2 is 1.48 bits per heavy atom. The molecule has 0 saturated carbocycles. The van der Waals surface area contributed by atoms with E-state index in [1.165, 1.54) is 13.0 Å². The summed E-state index contributed by atoms with van der Waals surface area (Å²) in [5.41, 5.74) is 0.819. The molecule has 1 N–H and O–H groups in total. The summed E-state index contributed by atoms with van der Waals surface area (Å²) < 4.78 is 36.1. The van der Waals surface area contributed by atoms with Crippen molar-refractivity contribution in [2.24, 2.45) is 0 Å². The van der Waals surface area contributed by atoms with Crippen LogP contribution in [0.15, 0.2) is 36.4 Å². The Kier molecular flexibility index (Phi) is 5.56. The number of carbonyl (C=O) groups is 3. The van der Waals surface area contributed by atoms with Gasteiger partial charge in [0.2, 0.25) is 5.91 Å². The number of nitrogens with one attached hydrogen (secondary N) is 1. The number of halogens is 3. The molecule has 0 radical (unpaired) electrons. The standard InChI is InChI=1S/C18H16F3NO3/c1-11(23)12-6-7-15(14-5-3-2-4-13(12)14)16(24)8-9-17(25)22-10-18(19,20)21/h2-7H,8-10H2,1H3,(H,22,25). The minimum atomic E-state index is -4.49. The zero-order chi connectivity index (χ0) is 18.6. The molecule has 0 unspecified atom stereocenters. The van der Waals surface area contributed by atoms with Crippen LogP contribution >= 0.6 is 0 Å². The second kappa shape index (κ2) is 7.46. The van der Waals surface area contributed by atoms with E-state index in [1.54, 1.807) is 35.6 Å². The number of hydrogen-bond donors (Lipinski definition) is 1. The molecule has 2 rings (SSSR count). The predicted octanol–water partition coefficient (Wildman–Crippen LogP) is 3.68. The summed E-state index contributed by atoms with van der Waals surface area (Å²) in [6.45, 7) is 0.00448. The van der Waals surface area contributed by atoms with Gasteiger partial charge in [0.1, 0.15) is 6.54 Å². The number of amides is 1. The van der Waals surface area contributed by atoms with Gasteiger partial charge in [0.25, 0.3) is 0 Å². The molecule has 0 bridgehead atoms. The fourth-order valence-electron chi connectivity index (χ4n) is 2.50. The van der Waals surface area contributed by atoms with E-state index in [9.17, 15) is 27.6 Å². The van der Waals surface area contributed by atoms with Gasteiger partial charge in [-0.25, -0.2) is 0 Å². The summed E-state index contributed by atoms with van der Waals surface area (Å²) in [6, 6.07) is 9.93. The normalized spacial score (nSPS) is 11.4. The molecule has 2 aromatic rings. The largest absolute Gasteiger partial charge is 0.405 e. The van der Waals surface area contributed by atoms with Crippen LogP contribution in [0.4, 0.5) is 13.2 Å². The molecular weight excluding hydrogens is 335 g/mol. The Balaban J connectivity index is 2.14. The summed E-state index contributed by atoms with van der Waals surface area (Å²) >= 11 is 0. The van der Waals surface area contributed by atoms with Crippen LogP contribution in [-0.4, -0.2) is 30.2 Å². The molecule has 0 aromatic heterocycles. The average molecular weight is 351 g/mol. The van der Waals surface area contributed by atoms with Crippen LogP contribution in [0.25, 0.3) is 10.8 Å². The Labute approximate surface area is 142 Å². The first-order valence-corrected chi connectivity index (χ1v) is 7.58.